The van der Waals surface area contributed by atoms with E-state index in [1.807, 2.05) is 6.07 Å². The van der Waals surface area contributed by atoms with Crippen molar-refractivity contribution >= 4 is 0 Å². The van der Waals surface area contributed by atoms with Crippen LogP contribution in [0, 0.1) is 0 Å². The molecule has 2 aromatic rings. The van der Waals surface area contributed by atoms with Crippen molar-refractivity contribution in [1.29, 1.82) is 0 Å². The number of ether oxygens (including phenoxy) is 5. The van der Waals surface area contributed by atoms with E-state index in [2.05, 4.69) is 19.2 Å². The summed E-state index contributed by atoms with van der Waals surface area (Å²) in [5.41, 5.74) is 4.78. The van der Waals surface area contributed by atoms with E-state index in [4.69, 9.17) is 23.7 Å². The highest BCUT2D eigenvalue weighted by Gasteiger charge is 2.47. The van der Waals surface area contributed by atoms with Crippen molar-refractivity contribution in [3.8, 4) is 23.0 Å². The van der Waals surface area contributed by atoms with E-state index in [0.29, 0.717) is 11.5 Å². The minimum atomic E-state index is -1.51. The molecular formula is C26H32NO9+. The maximum absolute atomic E-state index is 10.4. The Morgan fingerprint density at radius 3 is 2.56 bits per heavy atom. The van der Waals surface area contributed by atoms with Crippen LogP contribution in [-0.4, -0.2) is 89.7 Å². The van der Waals surface area contributed by atoms with E-state index >= 15 is 0 Å². The molecule has 4 heterocycles. The third-order valence-electron chi connectivity index (χ3n) is 8.19. The van der Waals surface area contributed by atoms with Gasteiger partial charge in [0, 0.05) is 18.4 Å². The summed E-state index contributed by atoms with van der Waals surface area (Å²) < 4.78 is 29.4. The molecule has 0 aromatic heterocycles. The van der Waals surface area contributed by atoms with Crippen molar-refractivity contribution in [3.05, 3.63) is 46.5 Å². The van der Waals surface area contributed by atoms with Crippen molar-refractivity contribution in [2.24, 2.45) is 0 Å². The molecule has 4 aliphatic rings. The minimum Gasteiger partial charge on any atom is -0.492 e. The summed E-state index contributed by atoms with van der Waals surface area (Å²) in [7, 11) is 3.83. The fraction of sp³-hybridized carbons (Fsp3) is 0.538. The summed E-state index contributed by atoms with van der Waals surface area (Å²) in [5.74, 6) is 2.54. The first-order chi connectivity index (χ1) is 17.3. The Morgan fingerprint density at radius 2 is 1.81 bits per heavy atom. The second kappa shape index (κ2) is 8.76. The van der Waals surface area contributed by atoms with E-state index in [1.54, 1.807) is 13.2 Å². The van der Waals surface area contributed by atoms with Gasteiger partial charge in [0.15, 0.2) is 23.0 Å². The molecule has 36 heavy (non-hydrogen) atoms. The van der Waals surface area contributed by atoms with Gasteiger partial charge in [0.1, 0.15) is 37.0 Å². The molecule has 4 aliphatic heterocycles. The molecule has 0 unspecified atom stereocenters. The second-order valence-corrected chi connectivity index (χ2v) is 10.3. The number of hydrogen-bond donors (Lipinski definition) is 4. The number of aliphatic hydroxyl groups is 4. The molecule has 4 N–H and O–H groups in total. The summed E-state index contributed by atoms with van der Waals surface area (Å²) >= 11 is 0. The number of rotatable bonds is 4. The zero-order valence-corrected chi connectivity index (χ0v) is 20.3. The van der Waals surface area contributed by atoms with E-state index in [-0.39, 0.29) is 12.8 Å². The number of hydrogen-bond acceptors (Lipinski definition) is 9. The average molecular weight is 503 g/mol. The molecule has 0 amide bonds. The number of aliphatic hydroxyl groups excluding tert-OH is 4. The molecule has 0 aliphatic carbocycles. The van der Waals surface area contributed by atoms with Crippen LogP contribution < -0.4 is 18.9 Å². The molecular weight excluding hydrogens is 470 g/mol. The van der Waals surface area contributed by atoms with Crippen molar-refractivity contribution in [1.82, 2.24) is 0 Å². The summed E-state index contributed by atoms with van der Waals surface area (Å²) in [5, 5.41) is 40.1. The number of likely N-dealkylation sites (N-methyl/N-ethyl adjacent to an activating group) is 1. The molecule has 10 nitrogen and oxygen atoms in total. The number of benzene rings is 2. The average Bonchev–Trinajstić information content (AvgIpc) is 3.34. The van der Waals surface area contributed by atoms with Gasteiger partial charge in [-0.05, 0) is 29.3 Å². The van der Waals surface area contributed by atoms with Gasteiger partial charge in [-0.15, -0.1) is 0 Å². The lowest BCUT2D eigenvalue weighted by molar-refractivity contribution is -0.956. The molecule has 0 radical (unpaired) electrons. The van der Waals surface area contributed by atoms with Crippen LogP contribution in [0.15, 0.2) is 24.3 Å². The quantitative estimate of drug-likeness (QED) is 0.440. The Kier molecular flexibility index (Phi) is 5.78. The highest BCUT2D eigenvalue weighted by Crippen LogP contribution is 2.49. The maximum Gasteiger partial charge on any atom is 0.231 e. The Morgan fingerprint density at radius 1 is 1.03 bits per heavy atom. The van der Waals surface area contributed by atoms with E-state index < -0.39 is 37.3 Å². The highest BCUT2D eigenvalue weighted by atomic mass is 16.7. The SMILES string of the molecule is COc1c(O[C@H]2O[C@@H](CO)[C@@H](O)[C@@H](O)[C@@H]2O)ccc2c1C[N@+]1(C)CCc3cc4c(cc3[C@@H]1C2)OCO4. The number of methoxy groups -OCH3 is 1. The van der Waals surface area contributed by atoms with Crippen LogP contribution in [-0.2, 0) is 24.1 Å². The van der Waals surface area contributed by atoms with Gasteiger partial charge < -0.3 is 48.6 Å². The second-order valence-electron chi connectivity index (χ2n) is 10.3. The Balaban J connectivity index is 1.32. The van der Waals surface area contributed by atoms with Crippen LogP contribution >= 0.6 is 0 Å². The van der Waals surface area contributed by atoms with Crippen LogP contribution in [0.4, 0.5) is 0 Å². The zero-order valence-electron chi connectivity index (χ0n) is 20.3. The van der Waals surface area contributed by atoms with Gasteiger partial charge in [-0.2, -0.15) is 0 Å². The Hall–Kier alpha value is -2.60. The van der Waals surface area contributed by atoms with Gasteiger partial charge in [0.2, 0.25) is 13.1 Å². The van der Waals surface area contributed by atoms with Crippen LogP contribution in [0.1, 0.15) is 28.3 Å². The smallest absolute Gasteiger partial charge is 0.231 e. The largest absolute Gasteiger partial charge is 0.492 e. The van der Waals surface area contributed by atoms with E-state index in [0.717, 1.165) is 53.0 Å². The van der Waals surface area contributed by atoms with Gasteiger partial charge in [-0.1, -0.05) is 6.07 Å². The van der Waals surface area contributed by atoms with Crippen LogP contribution in [0.5, 0.6) is 23.0 Å². The zero-order chi connectivity index (χ0) is 25.2. The molecule has 6 rings (SSSR count). The van der Waals surface area contributed by atoms with Gasteiger partial charge in [0.25, 0.3) is 0 Å². The first-order valence-electron chi connectivity index (χ1n) is 12.3. The summed E-state index contributed by atoms with van der Waals surface area (Å²) in [4.78, 5) is 0. The van der Waals surface area contributed by atoms with Gasteiger partial charge in [-0.3, -0.25) is 0 Å². The first-order valence-corrected chi connectivity index (χ1v) is 12.3. The third-order valence-corrected chi connectivity index (χ3v) is 8.19. The molecule has 0 saturated carbocycles. The van der Waals surface area contributed by atoms with Crippen molar-refractivity contribution in [2.45, 2.75) is 56.1 Å². The lowest BCUT2D eigenvalue weighted by Crippen LogP contribution is -2.60. The fourth-order valence-corrected chi connectivity index (χ4v) is 6.10. The van der Waals surface area contributed by atoms with E-state index in [9.17, 15) is 20.4 Å². The minimum absolute atomic E-state index is 0.256. The predicted molar refractivity (Wildman–Crippen MR) is 125 cm³/mol. The normalized spacial score (nSPS) is 34.4. The third kappa shape index (κ3) is 3.63. The van der Waals surface area contributed by atoms with Crippen molar-refractivity contribution in [3.63, 3.8) is 0 Å². The summed E-state index contributed by atoms with van der Waals surface area (Å²) in [6, 6.07) is 8.30. The van der Waals surface area contributed by atoms with Gasteiger partial charge >= 0.3 is 0 Å². The van der Waals surface area contributed by atoms with Crippen LogP contribution in [0.2, 0.25) is 0 Å². The van der Waals surface area contributed by atoms with Crippen molar-refractivity contribution < 1.29 is 48.6 Å². The monoisotopic (exact) mass is 502 g/mol. The van der Waals surface area contributed by atoms with Crippen molar-refractivity contribution in [2.75, 3.05) is 34.1 Å². The van der Waals surface area contributed by atoms with Crippen LogP contribution in [0.25, 0.3) is 0 Å². The lowest BCUT2D eigenvalue weighted by atomic mass is 9.81. The molecule has 1 fully saturated rings. The molecule has 10 heteroatoms. The van der Waals surface area contributed by atoms with Crippen LogP contribution in [0.3, 0.4) is 0 Å². The molecule has 0 spiro atoms. The predicted octanol–water partition coefficient (Wildman–Crippen LogP) is 0.403. The highest BCUT2D eigenvalue weighted by molar-refractivity contribution is 5.54. The Bertz CT molecular complexity index is 1170. The molecule has 194 valence electrons. The molecule has 7 atom stereocenters. The number of fused-ring (bicyclic) bond motifs is 5. The van der Waals surface area contributed by atoms with E-state index in [1.165, 1.54) is 11.1 Å². The van der Waals surface area contributed by atoms with Gasteiger partial charge in [-0.25, -0.2) is 0 Å². The standard InChI is InChI=1S/C26H32NO9/c1-27-6-5-14-8-19-20(34-12-33-19)9-15(14)17(27)7-13-3-4-18(25(32-2)16(13)10-27)35-26-24(31)23(30)22(29)21(11-28)36-26/h3-4,8-9,17,21-24,26,28-31H,5-7,10-12H2,1-2H3/q+1/t17-,21-,22+,23+,24-,26-,27-/m0/s1. The molecule has 2 aromatic carbocycles. The summed E-state index contributed by atoms with van der Waals surface area (Å²) in [6.07, 6.45) is -5.04. The maximum atomic E-state index is 10.4. The number of nitrogens with zero attached hydrogens (tertiary/aromatic N) is 1. The van der Waals surface area contributed by atoms with Gasteiger partial charge in [0.05, 0.1) is 32.9 Å². The topological polar surface area (TPSA) is 127 Å². The lowest BCUT2D eigenvalue weighted by Gasteiger charge is -2.49. The summed E-state index contributed by atoms with van der Waals surface area (Å²) in [6.45, 7) is 1.41. The fourth-order valence-electron chi connectivity index (χ4n) is 6.10. The number of quaternary nitrogens is 1. The first kappa shape index (κ1) is 23.8. The molecule has 1 saturated heterocycles. The molecule has 0 bridgehead atoms. The Labute approximate surface area is 208 Å².